The number of hydrogen-bond acceptors (Lipinski definition) is 5. The second-order valence-corrected chi connectivity index (χ2v) is 9.34. The molecule has 1 saturated heterocycles. The van der Waals surface area contributed by atoms with Crippen molar-refractivity contribution in [3.05, 3.63) is 29.1 Å². The van der Waals surface area contributed by atoms with Gasteiger partial charge in [-0.25, -0.2) is 0 Å². The first-order valence-electron chi connectivity index (χ1n) is 10.4. The first-order chi connectivity index (χ1) is 13.1. The molecule has 0 spiro atoms. The lowest BCUT2D eigenvalue weighted by Gasteiger charge is -2.42. The Bertz CT molecular complexity index is 761. The van der Waals surface area contributed by atoms with E-state index in [1.165, 1.54) is 22.1 Å². The number of nitrogens with zero attached hydrogens (tertiary/aromatic N) is 1. The molecule has 27 heavy (non-hydrogen) atoms. The summed E-state index contributed by atoms with van der Waals surface area (Å²) in [5.41, 5.74) is 6.98. The number of piperidine rings is 1. The van der Waals surface area contributed by atoms with E-state index in [0.717, 1.165) is 63.8 Å². The van der Waals surface area contributed by atoms with Gasteiger partial charge in [0.05, 0.1) is 12.7 Å². The van der Waals surface area contributed by atoms with Crippen molar-refractivity contribution in [2.24, 2.45) is 5.73 Å². The summed E-state index contributed by atoms with van der Waals surface area (Å²) in [7, 11) is 1.72. The van der Waals surface area contributed by atoms with Crippen LogP contribution in [0.2, 0.25) is 0 Å². The van der Waals surface area contributed by atoms with Gasteiger partial charge in [0.2, 0.25) is 0 Å². The van der Waals surface area contributed by atoms with Gasteiger partial charge in [0.15, 0.2) is 0 Å². The summed E-state index contributed by atoms with van der Waals surface area (Å²) < 4.78 is 6.77. The molecular formula is C22H32N2O2S. The third-order valence-electron chi connectivity index (χ3n) is 6.54. The number of hydrogen-bond donors (Lipinski definition) is 2. The van der Waals surface area contributed by atoms with Crippen molar-refractivity contribution in [3.8, 4) is 5.75 Å². The molecule has 4 rings (SSSR count). The molecule has 2 aromatic rings. The van der Waals surface area contributed by atoms with Crippen molar-refractivity contribution in [2.45, 2.75) is 69.1 Å². The minimum atomic E-state index is -0.532. The van der Waals surface area contributed by atoms with Gasteiger partial charge in [0.1, 0.15) is 5.75 Å². The van der Waals surface area contributed by atoms with E-state index < -0.39 is 5.60 Å². The maximum atomic E-state index is 11.3. The number of likely N-dealkylation sites (tertiary alicyclic amines) is 1. The van der Waals surface area contributed by atoms with Crippen LogP contribution in [0.3, 0.4) is 0 Å². The minimum Gasteiger partial charge on any atom is -0.497 e. The van der Waals surface area contributed by atoms with Crippen molar-refractivity contribution in [2.75, 3.05) is 20.2 Å². The molecule has 5 heteroatoms. The number of fused-ring (bicyclic) bond motifs is 1. The number of benzene rings is 1. The van der Waals surface area contributed by atoms with Crippen LogP contribution >= 0.6 is 11.3 Å². The summed E-state index contributed by atoms with van der Waals surface area (Å²) in [6, 6.07) is 6.92. The van der Waals surface area contributed by atoms with Crippen LogP contribution in [0, 0.1) is 0 Å². The van der Waals surface area contributed by atoms with Crippen molar-refractivity contribution < 1.29 is 9.84 Å². The average molecular weight is 389 g/mol. The molecule has 1 atom stereocenters. The minimum absolute atomic E-state index is 0.251. The molecule has 0 radical (unpaired) electrons. The van der Waals surface area contributed by atoms with Gasteiger partial charge in [-0.05, 0) is 61.2 Å². The fraction of sp³-hybridized carbons (Fsp3) is 0.636. The fourth-order valence-corrected chi connectivity index (χ4v) is 5.84. The number of thiophene rings is 1. The molecule has 2 fully saturated rings. The molecular weight excluding hydrogens is 356 g/mol. The van der Waals surface area contributed by atoms with E-state index in [4.69, 9.17) is 10.5 Å². The van der Waals surface area contributed by atoms with E-state index in [9.17, 15) is 5.11 Å². The average Bonchev–Trinajstić information content (AvgIpc) is 3.10. The SMILES string of the molecule is COc1ccc2scc(C(CC3(O)CCCCC3)N3CCC(N)CC3)c2c1. The summed E-state index contributed by atoms with van der Waals surface area (Å²) in [4.78, 5) is 2.57. The number of aliphatic hydroxyl groups is 1. The van der Waals surface area contributed by atoms with Gasteiger partial charge in [-0.1, -0.05) is 19.3 Å². The molecule has 4 nitrogen and oxygen atoms in total. The van der Waals surface area contributed by atoms with Gasteiger partial charge in [-0.2, -0.15) is 0 Å². The highest BCUT2D eigenvalue weighted by atomic mass is 32.1. The summed E-state index contributed by atoms with van der Waals surface area (Å²) in [5, 5.41) is 14.9. The molecule has 0 amide bonds. The van der Waals surface area contributed by atoms with Crippen LogP contribution < -0.4 is 10.5 Å². The number of rotatable bonds is 5. The van der Waals surface area contributed by atoms with Crippen LogP contribution in [0.1, 0.15) is 63.0 Å². The Hall–Kier alpha value is -1.14. The van der Waals surface area contributed by atoms with Crippen LogP contribution in [0.4, 0.5) is 0 Å². The van der Waals surface area contributed by atoms with Crippen molar-refractivity contribution in [3.63, 3.8) is 0 Å². The summed E-state index contributed by atoms with van der Waals surface area (Å²) >= 11 is 1.80. The van der Waals surface area contributed by atoms with Crippen LogP contribution in [-0.4, -0.2) is 41.8 Å². The normalized spacial score (nSPS) is 22.8. The Labute approximate surface area is 166 Å². The maximum absolute atomic E-state index is 11.3. The summed E-state index contributed by atoms with van der Waals surface area (Å²) in [6.07, 6.45) is 8.32. The Morgan fingerprint density at radius 1 is 1.26 bits per heavy atom. The Morgan fingerprint density at radius 3 is 2.70 bits per heavy atom. The quantitative estimate of drug-likeness (QED) is 0.794. The van der Waals surface area contributed by atoms with E-state index in [1.54, 1.807) is 18.4 Å². The molecule has 1 saturated carbocycles. The van der Waals surface area contributed by atoms with Crippen LogP contribution in [0.15, 0.2) is 23.6 Å². The molecule has 3 N–H and O–H groups in total. The van der Waals surface area contributed by atoms with Crippen molar-refractivity contribution in [1.29, 1.82) is 0 Å². The predicted molar refractivity (Wildman–Crippen MR) is 113 cm³/mol. The van der Waals surface area contributed by atoms with Gasteiger partial charge < -0.3 is 15.6 Å². The van der Waals surface area contributed by atoms with E-state index in [2.05, 4.69) is 22.4 Å². The highest BCUT2D eigenvalue weighted by Gasteiger charge is 2.36. The van der Waals surface area contributed by atoms with Gasteiger partial charge in [-0.3, -0.25) is 4.90 Å². The van der Waals surface area contributed by atoms with Gasteiger partial charge in [0.25, 0.3) is 0 Å². The molecule has 1 aromatic carbocycles. The Kier molecular flexibility index (Phi) is 5.74. The molecule has 1 aliphatic carbocycles. The number of ether oxygens (including phenoxy) is 1. The standard InChI is InChI=1S/C22H32N2O2S/c1-26-17-5-6-21-18(13-17)19(15-27-21)20(24-11-7-16(23)8-12-24)14-22(25)9-3-2-4-10-22/h5-6,13,15-16,20,25H,2-4,7-12,14,23H2,1H3. The van der Waals surface area contributed by atoms with Gasteiger partial charge in [-0.15, -0.1) is 11.3 Å². The smallest absolute Gasteiger partial charge is 0.119 e. The third-order valence-corrected chi connectivity index (χ3v) is 7.52. The van der Waals surface area contributed by atoms with E-state index in [-0.39, 0.29) is 6.04 Å². The molecule has 148 valence electrons. The number of nitrogens with two attached hydrogens (primary N) is 1. The molecule has 1 aliphatic heterocycles. The highest BCUT2D eigenvalue weighted by molar-refractivity contribution is 7.17. The largest absolute Gasteiger partial charge is 0.497 e. The maximum Gasteiger partial charge on any atom is 0.119 e. The van der Waals surface area contributed by atoms with Gasteiger partial charge >= 0.3 is 0 Å². The fourth-order valence-electron chi connectivity index (χ4n) is 4.85. The summed E-state index contributed by atoms with van der Waals surface area (Å²) in [6.45, 7) is 2.03. The van der Waals surface area contributed by atoms with E-state index in [1.807, 2.05) is 6.07 Å². The van der Waals surface area contributed by atoms with Crippen LogP contribution in [0.5, 0.6) is 5.75 Å². The molecule has 2 heterocycles. The Morgan fingerprint density at radius 2 is 2.00 bits per heavy atom. The van der Waals surface area contributed by atoms with Crippen LogP contribution in [-0.2, 0) is 0 Å². The lowest BCUT2D eigenvalue weighted by Crippen LogP contribution is -2.44. The second-order valence-electron chi connectivity index (χ2n) is 8.43. The zero-order valence-electron chi connectivity index (χ0n) is 16.3. The number of methoxy groups -OCH3 is 1. The highest BCUT2D eigenvalue weighted by Crippen LogP contribution is 2.43. The summed E-state index contributed by atoms with van der Waals surface area (Å²) in [5.74, 6) is 0.901. The zero-order valence-corrected chi connectivity index (χ0v) is 17.1. The first kappa shape index (κ1) is 19.2. The predicted octanol–water partition coefficient (Wildman–Crippen LogP) is 4.46. The third kappa shape index (κ3) is 4.16. The Balaban J connectivity index is 1.68. The molecule has 1 unspecified atom stereocenters. The van der Waals surface area contributed by atoms with E-state index >= 15 is 0 Å². The topological polar surface area (TPSA) is 58.7 Å². The van der Waals surface area contributed by atoms with Crippen molar-refractivity contribution in [1.82, 2.24) is 4.90 Å². The van der Waals surface area contributed by atoms with Gasteiger partial charge in [0, 0.05) is 35.3 Å². The second kappa shape index (κ2) is 8.08. The zero-order chi connectivity index (χ0) is 18.9. The van der Waals surface area contributed by atoms with E-state index in [0.29, 0.717) is 6.04 Å². The molecule has 1 aromatic heterocycles. The van der Waals surface area contributed by atoms with Crippen LogP contribution in [0.25, 0.3) is 10.1 Å². The lowest BCUT2D eigenvalue weighted by molar-refractivity contribution is -0.0307. The first-order valence-corrected chi connectivity index (χ1v) is 11.2. The molecule has 2 aliphatic rings. The monoisotopic (exact) mass is 388 g/mol. The molecule has 0 bridgehead atoms. The lowest BCUT2D eigenvalue weighted by atomic mass is 9.78. The van der Waals surface area contributed by atoms with Crippen molar-refractivity contribution >= 4 is 21.4 Å².